The molecule has 1 amide bonds. The van der Waals surface area contributed by atoms with E-state index in [2.05, 4.69) is 29.1 Å². The number of nitrogens with zero attached hydrogens (tertiary/aromatic N) is 3. The summed E-state index contributed by atoms with van der Waals surface area (Å²) < 4.78 is 14.3. The van der Waals surface area contributed by atoms with Crippen LogP contribution in [0.15, 0.2) is 0 Å². The summed E-state index contributed by atoms with van der Waals surface area (Å²) in [5.41, 5.74) is 0. The van der Waals surface area contributed by atoms with Gasteiger partial charge in [-0.1, -0.05) is 6.92 Å². The van der Waals surface area contributed by atoms with Gasteiger partial charge in [0.25, 0.3) is 0 Å². The Labute approximate surface area is 139 Å². The molecule has 0 aromatic rings. The highest BCUT2D eigenvalue weighted by molar-refractivity contribution is 5.79. The highest BCUT2D eigenvalue weighted by Crippen LogP contribution is 2.24. The third-order valence-electron chi connectivity index (χ3n) is 5.87. The summed E-state index contributed by atoms with van der Waals surface area (Å²) in [6, 6.07) is 0.0110. The van der Waals surface area contributed by atoms with Gasteiger partial charge in [-0.3, -0.25) is 9.69 Å². The summed E-state index contributed by atoms with van der Waals surface area (Å²) in [5.74, 6) is 0.854. The van der Waals surface area contributed by atoms with E-state index in [1.54, 1.807) is 0 Å². The Morgan fingerprint density at radius 3 is 2.30 bits per heavy atom. The number of likely N-dealkylation sites (tertiary alicyclic amines) is 1. The normalized spacial score (nSPS) is 35.4. The van der Waals surface area contributed by atoms with Crippen molar-refractivity contribution in [2.24, 2.45) is 11.8 Å². The SMILES string of the molecule is CC1CNCC(F)C1N1CCN(C(=O)C2CCN(C)CC2)CC1. The van der Waals surface area contributed by atoms with Crippen molar-refractivity contribution in [2.45, 2.75) is 32.0 Å². The fourth-order valence-electron chi connectivity index (χ4n) is 4.39. The Bertz CT molecular complexity index is 395. The van der Waals surface area contributed by atoms with Gasteiger partial charge in [-0.2, -0.15) is 0 Å². The minimum absolute atomic E-state index is 0.0110. The summed E-state index contributed by atoms with van der Waals surface area (Å²) >= 11 is 0. The van der Waals surface area contributed by atoms with Crippen molar-refractivity contribution >= 4 is 5.91 Å². The highest BCUT2D eigenvalue weighted by Gasteiger charge is 2.38. The van der Waals surface area contributed by atoms with Crippen molar-refractivity contribution < 1.29 is 9.18 Å². The van der Waals surface area contributed by atoms with E-state index < -0.39 is 6.17 Å². The van der Waals surface area contributed by atoms with E-state index in [1.165, 1.54) is 0 Å². The van der Waals surface area contributed by atoms with Gasteiger partial charge in [-0.05, 0) is 45.4 Å². The van der Waals surface area contributed by atoms with Crippen LogP contribution in [-0.2, 0) is 4.79 Å². The Hall–Kier alpha value is -0.720. The summed E-state index contributed by atoms with van der Waals surface area (Å²) in [7, 11) is 2.12. The van der Waals surface area contributed by atoms with Gasteiger partial charge in [-0.25, -0.2) is 4.39 Å². The molecule has 6 heteroatoms. The Morgan fingerprint density at radius 1 is 1.04 bits per heavy atom. The predicted octanol–water partition coefficient (Wildman–Crippen LogP) is 0.418. The molecule has 3 aliphatic rings. The maximum atomic E-state index is 14.3. The van der Waals surface area contributed by atoms with E-state index in [-0.39, 0.29) is 12.0 Å². The van der Waals surface area contributed by atoms with E-state index >= 15 is 0 Å². The molecule has 0 aromatic heterocycles. The average molecular weight is 326 g/mol. The number of alkyl halides is 1. The smallest absolute Gasteiger partial charge is 0.225 e. The Balaban J connectivity index is 1.51. The largest absolute Gasteiger partial charge is 0.340 e. The zero-order valence-electron chi connectivity index (χ0n) is 14.5. The number of hydrogen-bond acceptors (Lipinski definition) is 4. The van der Waals surface area contributed by atoms with Crippen molar-refractivity contribution in [3.05, 3.63) is 0 Å². The summed E-state index contributed by atoms with van der Waals surface area (Å²) in [4.78, 5) is 19.3. The molecule has 0 saturated carbocycles. The van der Waals surface area contributed by atoms with E-state index in [0.717, 1.165) is 58.7 Å². The second-order valence-electron chi connectivity index (χ2n) is 7.58. The van der Waals surface area contributed by atoms with Gasteiger partial charge < -0.3 is 15.1 Å². The highest BCUT2D eigenvalue weighted by atomic mass is 19.1. The van der Waals surface area contributed by atoms with Crippen LogP contribution in [0.25, 0.3) is 0 Å². The van der Waals surface area contributed by atoms with Crippen LogP contribution >= 0.6 is 0 Å². The lowest BCUT2D eigenvalue weighted by molar-refractivity contribution is -0.139. The van der Waals surface area contributed by atoms with Gasteiger partial charge in [0.15, 0.2) is 0 Å². The van der Waals surface area contributed by atoms with Crippen LogP contribution in [0.2, 0.25) is 0 Å². The molecule has 3 rings (SSSR count). The molecule has 3 aliphatic heterocycles. The molecule has 1 N–H and O–H groups in total. The van der Waals surface area contributed by atoms with Gasteiger partial charge >= 0.3 is 0 Å². The molecule has 23 heavy (non-hydrogen) atoms. The van der Waals surface area contributed by atoms with Crippen molar-refractivity contribution in [2.75, 3.05) is 59.4 Å². The van der Waals surface area contributed by atoms with Crippen molar-refractivity contribution in [1.82, 2.24) is 20.0 Å². The molecular weight excluding hydrogens is 295 g/mol. The molecule has 0 aliphatic carbocycles. The molecule has 3 atom stereocenters. The minimum atomic E-state index is -0.796. The number of nitrogens with one attached hydrogen (secondary N) is 1. The lowest BCUT2D eigenvalue weighted by atomic mass is 9.91. The first-order valence-corrected chi connectivity index (χ1v) is 9.12. The molecule has 0 aromatic carbocycles. The molecule has 5 nitrogen and oxygen atoms in total. The number of carbonyl (C=O) groups excluding carboxylic acids is 1. The van der Waals surface area contributed by atoms with E-state index in [0.29, 0.717) is 18.4 Å². The minimum Gasteiger partial charge on any atom is -0.340 e. The molecule has 3 unspecified atom stereocenters. The first-order valence-electron chi connectivity index (χ1n) is 9.12. The third-order valence-corrected chi connectivity index (χ3v) is 5.87. The van der Waals surface area contributed by atoms with Gasteiger partial charge in [0.2, 0.25) is 5.91 Å². The van der Waals surface area contributed by atoms with E-state index in [9.17, 15) is 9.18 Å². The Morgan fingerprint density at radius 2 is 1.70 bits per heavy atom. The van der Waals surface area contributed by atoms with Crippen LogP contribution < -0.4 is 5.32 Å². The van der Waals surface area contributed by atoms with Crippen LogP contribution in [0, 0.1) is 11.8 Å². The first-order chi connectivity index (χ1) is 11.1. The predicted molar refractivity (Wildman–Crippen MR) is 89.1 cm³/mol. The van der Waals surface area contributed by atoms with Crippen molar-refractivity contribution in [3.8, 4) is 0 Å². The van der Waals surface area contributed by atoms with Crippen molar-refractivity contribution in [1.29, 1.82) is 0 Å². The second-order valence-corrected chi connectivity index (χ2v) is 7.58. The van der Waals surface area contributed by atoms with Gasteiger partial charge in [0.1, 0.15) is 6.17 Å². The summed E-state index contributed by atoms with van der Waals surface area (Å²) in [5, 5.41) is 3.16. The van der Waals surface area contributed by atoms with Gasteiger partial charge in [-0.15, -0.1) is 0 Å². The van der Waals surface area contributed by atoms with Crippen LogP contribution in [0.1, 0.15) is 19.8 Å². The number of rotatable bonds is 2. The molecule has 132 valence electrons. The molecule has 3 fully saturated rings. The molecule has 3 heterocycles. The second kappa shape index (κ2) is 7.45. The average Bonchev–Trinajstić information content (AvgIpc) is 2.55. The van der Waals surface area contributed by atoms with Gasteiger partial charge in [0.05, 0.1) is 0 Å². The standard InChI is InChI=1S/C17H31FN4O/c1-13-11-19-12-15(18)16(13)21-7-9-22(10-8-21)17(23)14-3-5-20(2)6-4-14/h13-16,19H,3-12H2,1-2H3. The molecule has 3 saturated heterocycles. The fourth-order valence-corrected chi connectivity index (χ4v) is 4.39. The Kier molecular flexibility index (Phi) is 5.54. The molecular formula is C17H31FN4O. The van der Waals surface area contributed by atoms with Gasteiger partial charge in [0, 0.05) is 44.7 Å². The van der Waals surface area contributed by atoms with Crippen LogP contribution in [-0.4, -0.2) is 92.2 Å². The maximum absolute atomic E-state index is 14.3. The lowest BCUT2D eigenvalue weighted by Crippen LogP contribution is -2.61. The quantitative estimate of drug-likeness (QED) is 0.798. The fraction of sp³-hybridized carbons (Fsp3) is 0.941. The number of piperidine rings is 2. The zero-order chi connectivity index (χ0) is 16.4. The number of halogens is 1. The van der Waals surface area contributed by atoms with Crippen LogP contribution in [0.3, 0.4) is 0 Å². The number of carbonyl (C=O) groups is 1. The molecule has 0 bridgehead atoms. The number of amides is 1. The van der Waals surface area contributed by atoms with Crippen LogP contribution in [0.5, 0.6) is 0 Å². The molecule has 0 radical (unpaired) electrons. The maximum Gasteiger partial charge on any atom is 0.225 e. The molecule has 0 spiro atoms. The van der Waals surface area contributed by atoms with E-state index in [4.69, 9.17) is 0 Å². The summed E-state index contributed by atoms with van der Waals surface area (Å²) in [6.07, 6.45) is 1.16. The number of hydrogen-bond donors (Lipinski definition) is 1. The first kappa shape index (κ1) is 17.1. The zero-order valence-corrected chi connectivity index (χ0v) is 14.5. The number of piperazine rings is 1. The third kappa shape index (κ3) is 3.86. The summed E-state index contributed by atoms with van der Waals surface area (Å²) in [6.45, 7) is 8.66. The van der Waals surface area contributed by atoms with Crippen molar-refractivity contribution in [3.63, 3.8) is 0 Å². The monoisotopic (exact) mass is 326 g/mol. The topological polar surface area (TPSA) is 38.8 Å². The van der Waals surface area contributed by atoms with E-state index in [1.807, 2.05) is 4.90 Å². The lowest BCUT2D eigenvalue weighted by Gasteiger charge is -2.45. The van der Waals surface area contributed by atoms with Crippen LogP contribution in [0.4, 0.5) is 4.39 Å².